The van der Waals surface area contributed by atoms with Crippen LogP contribution in [0.2, 0.25) is 5.02 Å². The lowest BCUT2D eigenvalue weighted by Crippen LogP contribution is -2.40. The van der Waals surface area contributed by atoms with E-state index in [-0.39, 0.29) is 18.1 Å². The second kappa shape index (κ2) is 10.7. The van der Waals surface area contributed by atoms with E-state index in [4.69, 9.17) is 21.6 Å². The van der Waals surface area contributed by atoms with Gasteiger partial charge in [0.2, 0.25) is 0 Å². The largest absolute Gasteiger partial charge is 0.490 e. The van der Waals surface area contributed by atoms with Crippen molar-refractivity contribution in [1.82, 2.24) is 15.5 Å². The molecule has 0 unspecified atom stereocenters. The zero-order valence-electron chi connectivity index (χ0n) is 18.8. The van der Waals surface area contributed by atoms with Crippen molar-refractivity contribution in [3.05, 3.63) is 58.3 Å². The fourth-order valence-corrected chi connectivity index (χ4v) is 4.49. The average molecular weight is 466 g/mol. The number of benzene rings is 1. The summed E-state index contributed by atoms with van der Waals surface area (Å²) >= 11 is 6.09. The maximum Gasteiger partial charge on any atom is 0.272 e. The van der Waals surface area contributed by atoms with Crippen molar-refractivity contribution >= 4 is 23.3 Å². The zero-order chi connectivity index (χ0) is 23.2. The molecule has 1 aromatic heterocycles. The summed E-state index contributed by atoms with van der Waals surface area (Å²) in [5, 5.41) is 20.9. The maximum absolute atomic E-state index is 12.7. The second-order valence-electron chi connectivity index (χ2n) is 8.67. The Hall–Kier alpha value is -3.11. The molecule has 1 aliphatic heterocycles. The summed E-state index contributed by atoms with van der Waals surface area (Å²) in [6.07, 6.45) is 7.67. The molecule has 1 amide bonds. The van der Waals surface area contributed by atoms with Gasteiger partial charge in [-0.05, 0) is 69.7 Å². The van der Waals surface area contributed by atoms with Crippen molar-refractivity contribution in [3.63, 3.8) is 0 Å². The van der Waals surface area contributed by atoms with E-state index in [1.165, 1.54) is 5.57 Å². The number of aromatic nitrogens is 2. The highest BCUT2D eigenvalue weighted by Crippen LogP contribution is 2.27. The zero-order valence-corrected chi connectivity index (χ0v) is 19.5. The Balaban J connectivity index is 1.25. The van der Waals surface area contributed by atoms with Crippen LogP contribution in [-0.4, -0.2) is 41.3 Å². The molecule has 1 fully saturated rings. The minimum absolute atomic E-state index is 0.0629. The van der Waals surface area contributed by atoms with Crippen LogP contribution in [0.25, 0.3) is 0 Å². The molecule has 1 aromatic carbocycles. The number of rotatable bonds is 5. The maximum atomic E-state index is 12.7. The standard InChI is InChI=1S/C25H28ClN5O2/c1-17-3-2-13-31(14-12-17)24-11-10-23(29-30-24)25(32)28-19-5-8-20(9-6-19)33-21-7-4-18(16-27)22(26)15-21/h3-4,7,10-11,15,19-20H,2,5-6,8-9,12-14H2,1H3,(H,28,32). The summed E-state index contributed by atoms with van der Waals surface area (Å²) in [5.41, 5.74) is 2.18. The number of nitrogens with zero attached hydrogens (tertiary/aromatic N) is 4. The lowest BCUT2D eigenvalue weighted by molar-refractivity contribution is 0.0888. The molecule has 0 spiro atoms. The number of halogens is 1. The first-order valence-electron chi connectivity index (χ1n) is 11.4. The van der Waals surface area contributed by atoms with Crippen molar-refractivity contribution < 1.29 is 9.53 Å². The summed E-state index contributed by atoms with van der Waals surface area (Å²) in [4.78, 5) is 14.9. The van der Waals surface area contributed by atoms with Gasteiger partial charge >= 0.3 is 0 Å². The average Bonchev–Trinajstić information content (AvgIpc) is 3.05. The van der Waals surface area contributed by atoms with Gasteiger partial charge < -0.3 is 15.0 Å². The third kappa shape index (κ3) is 6.02. The number of amides is 1. The van der Waals surface area contributed by atoms with Gasteiger partial charge in [-0.15, -0.1) is 10.2 Å². The van der Waals surface area contributed by atoms with Crippen LogP contribution < -0.4 is 15.0 Å². The van der Waals surface area contributed by atoms with E-state index in [0.717, 1.165) is 57.4 Å². The Morgan fingerprint density at radius 2 is 2.00 bits per heavy atom. The number of carbonyl (C=O) groups is 1. The first-order chi connectivity index (χ1) is 16.0. The Kier molecular flexibility index (Phi) is 7.46. The predicted molar refractivity (Wildman–Crippen MR) is 128 cm³/mol. The van der Waals surface area contributed by atoms with Crippen LogP contribution in [0.4, 0.5) is 5.82 Å². The molecule has 1 N–H and O–H groups in total. The molecule has 4 rings (SSSR count). The van der Waals surface area contributed by atoms with Crippen molar-refractivity contribution in [2.45, 2.75) is 57.6 Å². The normalized spacial score (nSPS) is 20.9. The van der Waals surface area contributed by atoms with E-state index in [9.17, 15) is 4.79 Å². The molecule has 0 atom stereocenters. The van der Waals surface area contributed by atoms with Crippen LogP contribution in [0.3, 0.4) is 0 Å². The van der Waals surface area contributed by atoms with E-state index in [1.807, 2.05) is 12.1 Å². The number of hydrogen-bond donors (Lipinski definition) is 1. The van der Waals surface area contributed by atoms with Gasteiger partial charge in [-0.1, -0.05) is 23.3 Å². The summed E-state index contributed by atoms with van der Waals surface area (Å²) in [5.74, 6) is 1.29. The molecule has 0 saturated heterocycles. The number of nitrogens with one attached hydrogen (secondary N) is 1. The van der Waals surface area contributed by atoms with Gasteiger partial charge in [0.05, 0.1) is 16.7 Å². The summed E-state index contributed by atoms with van der Waals surface area (Å²) in [7, 11) is 0. The molecule has 33 heavy (non-hydrogen) atoms. The van der Waals surface area contributed by atoms with Gasteiger partial charge in [0.25, 0.3) is 5.91 Å². The van der Waals surface area contributed by atoms with Crippen LogP contribution in [0.1, 0.15) is 61.5 Å². The Morgan fingerprint density at radius 3 is 2.70 bits per heavy atom. The van der Waals surface area contributed by atoms with E-state index < -0.39 is 0 Å². The summed E-state index contributed by atoms with van der Waals surface area (Å²) in [6.45, 7) is 3.99. The van der Waals surface area contributed by atoms with E-state index in [2.05, 4.69) is 33.4 Å². The molecule has 1 aliphatic carbocycles. The summed E-state index contributed by atoms with van der Waals surface area (Å²) in [6, 6.07) is 10.9. The topological polar surface area (TPSA) is 91.1 Å². The Morgan fingerprint density at radius 1 is 1.18 bits per heavy atom. The fraction of sp³-hybridized carbons (Fsp3) is 0.440. The predicted octanol–water partition coefficient (Wildman–Crippen LogP) is 4.67. The molecule has 172 valence electrons. The third-order valence-electron chi connectivity index (χ3n) is 6.25. The van der Waals surface area contributed by atoms with Gasteiger partial charge in [0, 0.05) is 25.2 Å². The Bertz CT molecular complexity index is 1060. The van der Waals surface area contributed by atoms with Gasteiger partial charge in [-0.2, -0.15) is 5.26 Å². The van der Waals surface area contributed by atoms with Gasteiger partial charge in [-0.25, -0.2) is 0 Å². The number of anilines is 1. The first-order valence-corrected chi connectivity index (χ1v) is 11.8. The van der Waals surface area contributed by atoms with E-state index in [1.54, 1.807) is 24.3 Å². The molecular formula is C25H28ClN5O2. The van der Waals surface area contributed by atoms with Crippen LogP contribution in [0.5, 0.6) is 5.75 Å². The van der Waals surface area contributed by atoms with Gasteiger partial charge in [0.1, 0.15) is 11.8 Å². The van der Waals surface area contributed by atoms with Crippen LogP contribution in [0.15, 0.2) is 42.0 Å². The smallest absolute Gasteiger partial charge is 0.272 e. The highest BCUT2D eigenvalue weighted by atomic mass is 35.5. The SMILES string of the molecule is CC1=CCCN(c2ccc(C(=O)NC3CCC(Oc4ccc(C#N)c(Cl)c4)CC3)nn2)CC1. The van der Waals surface area contributed by atoms with Crippen molar-refractivity contribution in [2.75, 3.05) is 18.0 Å². The number of carbonyl (C=O) groups excluding carboxylic acids is 1. The number of nitriles is 1. The first kappa shape index (κ1) is 23.1. The molecule has 2 heterocycles. The lowest BCUT2D eigenvalue weighted by Gasteiger charge is -2.29. The third-order valence-corrected chi connectivity index (χ3v) is 6.56. The molecular weight excluding hydrogens is 438 g/mol. The molecule has 2 aromatic rings. The number of ether oxygens (including phenoxy) is 1. The molecule has 7 nitrogen and oxygen atoms in total. The lowest BCUT2D eigenvalue weighted by atomic mass is 9.93. The quantitative estimate of drug-likeness (QED) is 0.645. The van der Waals surface area contributed by atoms with Gasteiger partial charge in [-0.3, -0.25) is 4.79 Å². The number of hydrogen-bond acceptors (Lipinski definition) is 6. The van der Waals surface area contributed by atoms with Crippen molar-refractivity contribution in [2.24, 2.45) is 0 Å². The molecule has 0 bridgehead atoms. The molecule has 1 saturated carbocycles. The molecule has 2 aliphatic rings. The van der Waals surface area contributed by atoms with Gasteiger partial charge in [0.15, 0.2) is 11.5 Å². The summed E-state index contributed by atoms with van der Waals surface area (Å²) < 4.78 is 6.02. The highest BCUT2D eigenvalue weighted by Gasteiger charge is 2.25. The minimum atomic E-state index is -0.189. The molecule has 0 radical (unpaired) electrons. The molecule has 8 heteroatoms. The van der Waals surface area contributed by atoms with Crippen LogP contribution in [0, 0.1) is 11.3 Å². The monoisotopic (exact) mass is 465 g/mol. The van der Waals surface area contributed by atoms with Crippen LogP contribution in [-0.2, 0) is 0 Å². The van der Waals surface area contributed by atoms with Crippen molar-refractivity contribution in [1.29, 1.82) is 5.26 Å². The van der Waals surface area contributed by atoms with Crippen LogP contribution >= 0.6 is 11.6 Å². The Labute approximate surface area is 199 Å². The highest BCUT2D eigenvalue weighted by molar-refractivity contribution is 6.31. The van der Waals surface area contributed by atoms with Crippen molar-refractivity contribution in [3.8, 4) is 11.8 Å². The minimum Gasteiger partial charge on any atom is -0.490 e. The second-order valence-corrected chi connectivity index (χ2v) is 9.08. The van der Waals surface area contributed by atoms with E-state index in [0.29, 0.717) is 22.0 Å². The fourth-order valence-electron chi connectivity index (χ4n) is 4.27. The van der Waals surface area contributed by atoms with E-state index >= 15 is 0 Å².